The van der Waals surface area contributed by atoms with Crippen molar-refractivity contribution in [1.29, 1.82) is 0 Å². The number of alkyl halides is 1. The second-order valence-corrected chi connectivity index (χ2v) is 8.58. The fourth-order valence-corrected chi connectivity index (χ4v) is 5.02. The highest BCUT2D eigenvalue weighted by Crippen LogP contribution is 2.41. The molecule has 0 heterocycles. The van der Waals surface area contributed by atoms with E-state index in [1.807, 2.05) is 0 Å². The highest BCUT2D eigenvalue weighted by molar-refractivity contribution is 5.32. The number of allylic oxidation sites excluding steroid dienone is 2. The molecule has 5 atom stereocenters. The zero-order valence-electron chi connectivity index (χ0n) is 16.6. The average molecular weight is 375 g/mol. The number of aliphatic hydroxyl groups excluding tert-OH is 2. The molecule has 1 aromatic rings. The first-order valence-corrected chi connectivity index (χ1v) is 10.8. The van der Waals surface area contributed by atoms with Gasteiger partial charge in [0, 0.05) is 6.42 Å². The molecule has 0 aliphatic heterocycles. The van der Waals surface area contributed by atoms with Gasteiger partial charge in [0.15, 0.2) is 0 Å². The van der Waals surface area contributed by atoms with Crippen molar-refractivity contribution in [3.05, 3.63) is 47.5 Å². The number of hydrogen-bond acceptors (Lipinski definition) is 2. The Labute approximate surface area is 163 Å². The number of aliphatic hydroxyl groups is 2. The summed E-state index contributed by atoms with van der Waals surface area (Å²) in [7, 11) is 0. The number of fused-ring (bicyclic) bond motifs is 1. The molecule has 2 N–H and O–H groups in total. The Morgan fingerprint density at radius 3 is 2.52 bits per heavy atom. The van der Waals surface area contributed by atoms with Gasteiger partial charge in [0.2, 0.25) is 0 Å². The predicted octanol–water partition coefficient (Wildman–Crippen LogP) is 5.01. The lowest BCUT2D eigenvalue weighted by atomic mass is 9.84. The first-order valence-electron chi connectivity index (χ1n) is 10.8. The SMILES string of the molecule is CCCC/C=C\C[C@@H]1[C@@H](CC[C@@H](O)C2Cc3ccccc3C2)[C@@H](F)C[C@@H]1O. The second-order valence-electron chi connectivity index (χ2n) is 8.58. The van der Waals surface area contributed by atoms with Crippen molar-refractivity contribution in [2.45, 2.75) is 83.1 Å². The van der Waals surface area contributed by atoms with Crippen LogP contribution in [0.3, 0.4) is 0 Å². The third kappa shape index (κ3) is 5.20. The minimum atomic E-state index is -0.943. The summed E-state index contributed by atoms with van der Waals surface area (Å²) < 4.78 is 14.5. The second kappa shape index (κ2) is 9.84. The van der Waals surface area contributed by atoms with Crippen molar-refractivity contribution in [3.8, 4) is 0 Å². The standard InChI is InChI=1S/C24H35FO2/c1-2-3-4-5-6-11-21-20(22(25)16-24(21)27)12-13-23(26)19-14-17-9-7-8-10-18(17)15-19/h5-10,19-24,26-27H,2-4,11-16H2,1H3/b6-5-/t20-,21-,22+,23-,24+/m1/s1. The van der Waals surface area contributed by atoms with Gasteiger partial charge in [0.25, 0.3) is 0 Å². The van der Waals surface area contributed by atoms with Crippen LogP contribution < -0.4 is 0 Å². The highest BCUT2D eigenvalue weighted by atomic mass is 19.1. The molecule has 27 heavy (non-hydrogen) atoms. The van der Waals surface area contributed by atoms with E-state index >= 15 is 0 Å². The molecule has 1 saturated carbocycles. The molecule has 3 rings (SSSR count). The van der Waals surface area contributed by atoms with Crippen LogP contribution in [0.2, 0.25) is 0 Å². The van der Waals surface area contributed by atoms with E-state index in [0.717, 1.165) is 25.7 Å². The van der Waals surface area contributed by atoms with Crippen molar-refractivity contribution in [1.82, 2.24) is 0 Å². The maximum atomic E-state index is 14.5. The fraction of sp³-hybridized carbons (Fsp3) is 0.667. The van der Waals surface area contributed by atoms with Gasteiger partial charge in [0.05, 0.1) is 12.2 Å². The van der Waals surface area contributed by atoms with Gasteiger partial charge in [-0.25, -0.2) is 4.39 Å². The number of benzene rings is 1. The molecular weight excluding hydrogens is 339 g/mol. The van der Waals surface area contributed by atoms with Gasteiger partial charge >= 0.3 is 0 Å². The lowest BCUT2D eigenvalue weighted by Gasteiger charge is -2.24. The quantitative estimate of drug-likeness (QED) is 0.471. The monoisotopic (exact) mass is 374 g/mol. The van der Waals surface area contributed by atoms with Crippen molar-refractivity contribution in [3.63, 3.8) is 0 Å². The Morgan fingerprint density at radius 2 is 1.85 bits per heavy atom. The van der Waals surface area contributed by atoms with Crippen LogP contribution in [0.1, 0.15) is 63.0 Å². The van der Waals surface area contributed by atoms with Crippen molar-refractivity contribution in [2.24, 2.45) is 17.8 Å². The molecule has 2 aliphatic rings. The van der Waals surface area contributed by atoms with Gasteiger partial charge in [-0.2, -0.15) is 0 Å². The van der Waals surface area contributed by atoms with E-state index in [9.17, 15) is 14.6 Å². The first kappa shape index (κ1) is 20.5. The van der Waals surface area contributed by atoms with Gasteiger partial charge in [0.1, 0.15) is 6.17 Å². The Morgan fingerprint density at radius 1 is 1.15 bits per heavy atom. The van der Waals surface area contributed by atoms with Crippen molar-refractivity contribution >= 4 is 0 Å². The normalized spacial score (nSPS) is 29.5. The van der Waals surface area contributed by atoms with Crippen LogP contribution in [0.15, 0.2) is 36.4 Å². The van der Waals surface area contributed by atoms with E-state index in [1.54, 1.807) is 0 Å². The molecule has 0 bridgehead atoms. The summed E-state index contributed by atoms with van der Waals surface area (Å²) in [5.41, 5.74) is 2.69. The van der Waals surface area contributed by atoms with Gasteiger partial charge in [-0.05, 0) is 67.4 Å². The zero-order valence-corrected chi connectivity index (χ0v) is 16.6. The van der Waals surface area contributed by atoms with E-state index < -0.39 is 12.3 Å². The van der Waals surface area contributed by atoms with E-state index in [-0.39, 0.29) is 30.3 Å². The Balaban J connectivity index is 1.50. The van der Waals surface area contributed by atoms with E-state index in [4.69, 9.17) is 0 Å². The molecule has 2 aliphatic carbocycles. The average Bonchev–Trinajstić information content (AvgIpc) is 3.20. The third-order valence-electron chi connectivity index (χ3n) is 6.70. The van der Waals surface area contributed by atoms with E-state index in [0.29, 0.717) is 12.8 Å². The molecule has 0 spiro atoms. The molecule has 0 amide bonds. The van der Waals surface area contributed by atoms with Crippen LogP contribution in [0.4, 0.5) is 4.39 Å². The maximum absolute atomic E-state index is 14.5. The van der Waals surface area contributed by atoms with Crippen LogP contribution in [0, 0.1) is 17.8 Å². The molecule has 3 heteroatoms. The largest absolute Gasteiger partial charge is 0.393 e. The molecule has 0 unspecified atom stereocenters. The molecule has 2 nitrogen and oxygen atoms in total. The van der Waals surface area contributed by atoms with Crippen LogP contribution in [-0.2, 0) is 12.8 Å². The lowest BCUT2D eigenvalue weighted by molar-refractivity contribution is 0.0786. The highest BCUT2D eigenvalue weighted by Gasteiger charge is 2.42. The Hall–Kier alpha value is -1.19. The number of halogens is 1. The molecule has 150 valence electrons. The number of hydrogen-bond donors (Lipinski definition) is 2. The van der Waals surface area contributed by atoms with E-state index in [2.05, 4.69) is 43.3 Å². The summed E-state index contributed by atoms with van der Waals surface area (Å²) in [4.78, 5) is 0. The molecule has 0 aromatic heterocycles. The maximum Gasteiger partial charge on any atom is 0.106 e. The van der Waals surface area contributed by atoms with Crippen LogP contribution in [-0.4, -0.2) is 28.6 Å². The lowest BCUT2D eigenvalue weighted by Crippen LogP contribution is -2.25. The van der Waals surface area contributed by atoms with Gasteiger partial charge in [-0.3, -0.25) is 0 Å². The van der Waals surface area contributed by atoms with Gasteiger partial charge in [-0.1, -0.05) is 56.2 Å². The molecule has 1 aromatic carbocycles. The smallest absolute Gasteiger partial charge is 0.106 e. The summed E-state index contributed by atoms with van der Waals surface area (Å²) in [6.45, 7) is 2.17. The van der Waals surface area contributed by atoms with E-state index in [1.165, 1.54) is 24.0 Å². The molecule has 1 fully saturated rings. The fourth-order valence-electron chi connectivity index (χ4n) is 5.02. The Bertz CT molecular complexity index is 589. The van der Waals surface area contributed by atoms with Crippen LogP contribution >= 0.6 is 0 Å². The third-order valence-corrected chi connectivity index (χ3v) is 6.70. The van der Waals surface area contributed by atoms with Gasteiger partial charge < -0.3 is 10.2 Å². The molecule has 0 saturated heterocycles. The van der Waals surface area contributed by atoms with Crippen LogP contribution in [0.25, 0.3) is 0 Å². The summed E-state index contributed by atoms with van der Waals surface area (Å²) in [6, 6.07) is 8.40. The summed E-state index contributed by atoms with van der Waals surface area (Å²) in [5.74, 6) is 0.110. The topological polar surface area (TPSA) is 40.5 Å². The predicted molar refractivity (Wildman–Crippen MR) is 108 cm³/mol. The van der Waals surface area contributed by atoms with Crippen molar-refractivity contribution < 1.29 is 14.6 Å². The summed E-state index contributed by atoms with van der Waals surface area (Å²) in [6.07, 6.45) is 9.98. The summed E-state index contributed by atoms with van der Waals surface area (Å²) in [5, 5.41) is 21.0. The Kier molecular flexibility index (Phi) is 7.49. The zero-order chi connectivity index (χ0) is 19.2. The minimum absolute atomic E-state index is 0.00847. The number of unbranched alkanes of at least 4 members (excludes halogenated alkanes) is 2. The van der Waals surface area contributed by atoms with Crippen LogP contribution in [0.5, 0.6) is 0 Å². The van der Waals surface area contributed by atoms with Gasteiger partial charge in [-0.15, -0.1) is 0 Å². The first-order chi connectivity index (χ1) is 13.1. The van der Waals surface area contributed by atoms with Crippen molar-refractivity contribution in [2.75, 3.05) is 0 Å². The number of rotatable bonds is 9. The molecular formula is C24H35FO2. The minimum Gasteiger partial charge on any atom is -0.393 e. The summed E-state index contributed by atoms with van der Waals surface area (Å²) >= 11 is 0. The molecule has 0 radical (unpaired) electrons.